The maximum Gasteiger partial charge on any atom is 0.320 e. The van der Waals surface area contributed by atoms with Crippen molar-refractivity contribution >= 4 is 33.3 Å². The molecular weight excluding hydrogens is 288 g/mol. The van der Waals surface area contributed by atoms with Crippen molar-refractivity contribution < 1.29 is 9.53 Å². The van der Waals surface area contributed by atoms with Crippen molar-refractivity contribution in [2.24, 2.45) is 0 Å². The molecule has 0 aliphatic heterocycles. The average Bonchev–Trinajstić information content (AvgIpc) is 2.64. The minimum Gasteiger partial charge on any atom is -0.465 e. The number of hydrogen-bond donors (Lipinski definition) is 1. The minimum atomic E-state index is -0.253. The molecule has 114 valence electrons. The van der Waals surface area contributed by atoms with E-state index in [-0.39, 0.29) is 12.5 Å². The van der Waals surface area contributed by atoms with Crippen LogP contribution in [0.3, 0.4) is 0 Å². The SMILES string of the molecule is CCOC(=O)CN(C)Cc1nc(N)c2c(C)c(C)sc2n1. The molecule has 7 heteroatoms. The van der Waals surface area contributed by atoms with Crippen molar-refractivity contribution in [1.29, 1.82) is 0 Å². The molecule has 0 amide bonds. The van der Waals surface area contributed by atoms with Gasteiger partial charge in [-0.2, -0.15) is 0 Å². The van der Waals surface area contributed by atoms with Crippen LogP contribution in [0.1, 0.15) is 23.2 Å². The van der Waals surface area contributed by atoms with Crippen LogP contribution in [0.15, 0.2) is 0 Å². The maximum absolute atomic E-state index is 11.4. The van der Waals surface area contributed by atoms with Crippen molar-refractivity contribution in [3.05, 3.63) is 16.3 Å². The highest BCUT2D eigenvalue weighted by atomic mass is 32.1. The molecule has 6 nitrogen and oxygen atoms in total. The third-order valence-corrected chi connectivity index (χ3v) is 4.32. The van der Waals surface area contributed by atoms with Gasteiger partial charge in [0.25, 0.3) is 0 Å². The van der Waals surface area contributed by atoms with Gasteiger partial charge in [-0.25, -0.2) is 9.97 Å². The van der Waals surface area contributed by atoms with Crippen LogP contribution in [-0.4, -0.2) is 41.0 Å². The van der Waals surface area contributed by atoms with Crippen LogP contribution >= 0.6 is 11.3 Å². The van der Waals surface area contributed by atoms with Crippen LogP contribution in [0.2, 0.25) is 0 Å². The number of fused-ring (bicyclic) bond motifs is 1. The Morgan fingerprint density at radius 3 is 2.76 bits per heavy atom. The van der Waals surface area contributed by atoms with E-state index in [4.69, 9.17) is 10.5 Å². The van der Waals surface area contributed by atoms with Gasteiger partial charge < -0.3 is 10.5 Å². The fourth-order valence-corrected chi connectivity index (χ4v) is 3.18. The molecule has 0 atom stereocenters. The minimum absolute atomic E-state index is 0.206. The molecule has 0 radical (unpaired) electrons. The lowest BCUT2D eigenvalue weighted by molar-refractivity contribution is -0.144. The smallest absolute Gasteiger partial charge is 0.320 e. The van der Waals surface area contributed by atoms with Gasteiger partial charge in [-0.3, -0.25) is 9.69 Å². The molecule has 2 aromatic heterocycles. The first kappa shape index (κ1) is 15.7. The van der Waals surface area contributed by atoms with E-state index < -0.39 is 0 Å². The van der Waals surface area contributed by atoms with Gasteiger partial charge in [-0.15, -0.1) is 11.3 Å². The van der Waals surface area contributed by atoms with Crippen molar-refractivity contribution in [3.8, 4) is 0 Å². The summed E-state index contributed by atoms with van der Waals surface area (Å²) in [7, 11) is 1.82. The predicted molar refractivity (Wildman–Crippen MR) is 84.3 cm³/mol. The van der Waals surface area contributed by atoms with E-state index in [1.807, 2.05) is 25.8 Å². The second kappa shape index (κ2) is 6.36. The zero-order chi connectivity index (χ0) is 15.6. The number of nitrogens with zero attached hydrogens (tertiary/aromatic N) is 3. The number of ether oxygens (including phenoxy) is 1. The lowest BCUT2D eigenvalue weighted by Crippen LogP contribution is -2.27. The summed E-state index contributed by atoms with van der Waals surface area (Å²) in [6, 6.07) is 0. The first-order valence-electron chi connectivity index (χ1n) is 6.78. The second-order valence-electron chi connectivity index (χ2n) is 4.97. The van der Waals surface area contributed by atoms with Crippen molar-refractivity contribution in [3.63, 3.8) is 0 Å². The molecule has 0 spiro atoms. The summed E-state index contributed by atoms with van der Waals surface area (Å²) in [4.78, 5) is 24.2. The van der Waals surface area contributed by atoms with E-state index in [1.165, 1.54) is 4.88 Å². The lowest BCUT2D eigenvalue weighted by Gasteiger charge is -2.14. The fourth-order valence-electron chi connectivity index (χ4n) is 2.12. The van der Waals surface area contributed by atoms with Gasteiger partial charge in [0.05, 0.1) is 25.1 Å². The van der Waals surface area contributed by atoms with Gasteiger partial charge in [0.15, 0.2) is 0 Å². The Balaban J connectivity index is 2.18. The summed E-state index contributed by atoms with van der Waals surface area (Å²) in [6.07, 6.45) is 0. The van der Waals surface area contributed by atoms with Gasteiger partial charge in [0.1, 0.15) is 16.5 Å². The topological polar surface area (TPSA) is 81.3 Å². The highest BCUT2D eigenvalue weighted by Crippen LogP contribution is 2.31. The molecule has 2 rings (SSSR count). The Kier molecular flexibility index (Phi) is 4.74. The zero-order valence-corrected chi connectivity index (χ0v) is 13.6. The number of anilines is 1. The van der Waals surface area contributed by atoms with E-state index in [0.717, 1.165) is 15.8 Å². The van der Waals surface area contributed by atoms with Gasteiger partial charge >= 0.3 is 5.97 Å². The number of carbonyl (C=O) groups excluding carboxylic acids is 1. The van der Waals surface area contributed by atoms with Crippen LogP contribution in [-0.2, 0) is 16.1 Å². The number of rotatable bonds is 5. The number of aromatic nitrogens is 2. The quantitative estimate of drug-likeness (QED) is 0.849. The molecule has 0 aliphatic rings. The standard InChI is InChI=1S/C14H20N4O2S/c1-5-20-11(19)7-18(4)6-10-16-13(15)12-8(2)9(3)21-14(12)17-10/h5-7H2,1-4H3,(H2,15,16,17). The number of carbonyl (C=O) groups is 1. The van der Waals surface area contributed by atoms with Crippen LogP contribution < -0.4 is 5.73 Å². The highest BCUT2D eigenvalue weighted by Gasteiger charge is 2.14. The largest absolute Gasteiger partial charge is 0.465 e. The third-order valence-electron chi connectivity index (χ3n) is 3.22. The highest BCUT2D eigenvalue weighted by molar-refractivity contribution is 7.18. The molecule has 0 saturated heterocycles. The summed E-state index contributed by atoms with van der Waals surface area (Å²) >= 11 is 1.61. The van der Waals surface area contributed by atoms with Gasteiger partial charge in [-0.1, -0.05) is 0 Å². The Hall–Kier alpha value is -1.73. The van der Waals surface area contributed by atoms with Gasteiger partial charge in [-0.05, 0) is 33.4 Å². The Labute approximate surface area is 127 Å². The molecule has 0 saturated carbocycles. The van der Waals surface area contributed by atoms with Crippen molar-refractivity contribution in [2.45, 2.75) is 27.3 Å². The van der Waals surface area contributed by atoms with Crippen molar-refractivity contribution in [1.82, 2.24) is 14.9 Å². The first-order valence-corrected chi connectivity index (χ1v) is 7.60. The second-order valence-corrected chi connectivity index (χ2v) is 6.17. The third kappa shape index (κ3) is 3.48. The van der Waals surface area contributed by atoms with Crippen molar-refractivity contribution in [2.75, 3.05) is 25.9 Å². The monoisotopic (exact) mass is 308 g/mol. The zero-order valence-electron chi connectivity index (χ0n) is 12.8. The number of esters is 1. The lowest BCUT2D eigenvalue weighted by atomic mass is 10.2. The fraction of sp³-hybridized carbons (Fsp3) is 0.500. The maximum atomic E-state index is 11.4. The van der Waals surface area contributed by atoms with E-state index >= 15 is 0 Å². The van der Waals surface area contributed by atoms with E-state index in [0.29, 0.717) is 24.8 Å². The normalized spacial score (nSPS) is 11.3. The van der Waals surface area contributed by atoms with Gasteiger partial charge in [0.2, 0.25) is 0 Å². The molecule has 2 heterocycles. The number of nitrogen functional groups attached to an aromatic ring is 1. The van der Waals surface area contributed by atoms with E-state index in [1.54, 1.807) is 18.3 Å². The van der Waals surface area contributed by atoms with Crippen LogP contribution in [0, 0.1) is 13.8 Å². The van der Waals surface area contributed by atoms with Crippen LogP contribution in [0.5, 0.6) is 0 Å². The predicted octanol–water partition coefficient (Wildman–Crippen LogP) is 1.89. The molecular formula is C14H20N4O2S. The number of thiophene rings is 1. The summed E-state index contributed by atoms with van der Waals surface area (Å²) in [5, 5.41) is 0.939. The average molecular weight is 308 g/mol. The molecule has 21 heavy (non-hydrogen) atoms. The molecule has 0 fully saturated rings. The molecule has 0 bridgehead atoms. The summed E-state index contributed by atoms with van der Waals surface area (Å²) in [6.45, 7) is 6.91. The summed E-state index contributed by atoms with van der Waals surface area (Å²) < 4.78 is 4.92. The first-order chi connectivity index (χ1) is 9.92. The number of likely N-dealkylation sites (N-methyl/N-ethyl adjacent to an activating group) is 1. The van der Waals surface area contributed by atoms with Crippen LogP contribution in [0.4, 0.5) is 5.82 Å². The summed E-state index contributed by atoms with van der Waals surface area (Å²) in [5.41, 5.74) is 7.18. The number of nitrogens with two attached hydrogens (primary N) is 1. The van der Waals surface area contributed by atoms with Crippen LogP contribution in [0.25, 0.3) is 10.2 Å². The molecule has 0 aromatic carbocycles. The Morgan fingerprint density at radius 1 is 1.38 bits per heavy atom. The summed E-state index contributed by atoms with van der Waals surface area (Å²) in [5.74, 6) is 0.867. The molecule has 2 aromatic rings. The number of aryl methyl sites for hydroxylation is 2. The number of hydrogen-bond acceptors (Lipinski definition) is 7. The Morgan fingerprint density at radius 2 is 2.10 bits per heavy atom. The van der Waals surface area contributed by atoms with E-state index in [9.17, 15) is 4.79 Å². The Bertz CT molecular complexity index is 669. The molecule has 0 unspecified atom stereocenters. The molecule has 2 N–H and O–H groups in total. The molecule has 0 aliphatic carbocycles. The van der Waals surface area contributed by atoms with E-state index in [2.05, 4.69) is 9.97 Å². The van der Waals surface area contributed by atoms with Gasteiger partial charge in [0, 0.05) is 4.88 Å².